The average molecular weight is 798 g/mol. The summed E-state index contributed by atoms with van der Waals surface area (Å²) in [5, 5.41) is 5.13. The molecule has 0 atom stereocenters. The molecule has 10 rings (SSSR count). The van der Waals surface area contributed by atoms with Crippen LogP contribution in [0.2, 0.25) is 0 Å². The summed E-state index contributed by atoms with van der Waals surface area (Å²) >= 11 is 0. The van der Waals surface area contributed by atoms with Crippen molar-refractivity contribution in [3.8, 4) is 68.1 Å². The van der Waals surface area contributed by atoms with E-state index >= 15 is 0 Å². The Balaban J connectivity index is 1.18. The summed E-state index contributed by atoms with van der Waals surface area (Å²) in [6, 6.07) is 82.5. The first-order chi connectivity index (χ1) is 30.2. The highest BCUT2D eigenvalue weighted by atomic mass is 28.3. The number of benzene rings is 8. The van der Waals surface area contributed by atoms with Crippen LogP contribution in [0, 0.1) is 0 Å². The summed E-state index contributed by atoms with van der Waals surface area (Å²) in [5.74, 6) is 2.30. The van der Waals surface area contributed by atoms with Crippen LogP contribution in [0.15, 0.2) is 237 Å². The maximum absolute atomic E-state index is 5.33. The lowest BCUT2D eigenvalue weighted by molar-refractivity contribution is 1.07. The van der Waals surface area contributed by atoms with E-state index in [1.807, 2.05) is 78.9 Å². The molecule has 0 unspecified atom stereocenters. The first kappa shape index (κ1) is 37.3. The van der Waals surface area contributed by atoms with Gasteiger partial charge in [0.15, 0.2) is 31.4 Å². The monoisotopic (exact) mass is 797 g/mol. The second-order valence-electron chi connectivity index (χ2n) is 14.8. The Morgan fingerprint density at radius 1 is 0.230 bits per heavy atom. The minimum absolute atomic E-state index is 0.539. The molecule has 288 valence electrons. The van der Waals surface area contributed by atoms with Crippen LogP contribution in [-0.2, 0) is 0 Å². The van der Waals surface area contributed by atoms with E-state index in [2.05, 4.69) is 158 Å². The minimum atomic E-state index is -2.83. The molecule has 61 heavy (non-hydrogen) atoms. The standard InChI is InChI=1S/C55H39N5Si/c1-7-22-40(23-8-1)50-39-51(41-24-9-2-10-25-41)57-54(56-50)48-36-19-20-37-49(48)55-59-52(42-26-11-3-12-27-42)58-53(60-55)43-28-21-35-47(38-43)61(44-29-13-4-14-30-44,45-31-15-5-16-32-45)46-33-17-6-18-34-46/h1-39H. The summed E-state index contributed by atoms with van der Waals surface area (Å²) in [6.07, 6.45) is 0. The Labute approximate surface area is 356 Å². The maximum Gasteiger partial charge on any atom is 0.179 e. The fraction of sp³-hybridized carbons (Fsp3) is 0. The molecule has 2 heterocycles. The molecule has 0 N–H and O–H groups in total. The molecular weight excluding hydrogens is 759 g/mol. The van der Waals surface area contributed by atoms with Gasteiger partial charge in [0.1, 0.15) is 0 Å². The zero-order chi connectivity index (χ0) is 40.9. The largest absolute Gasteiger partial charge is 0.228 e. The van der Waals surface area contributed by atoms with E-state index in [4.69, 9.17) is 24.9 Å². The normalized spacial score (nSPS) is 11.3. The Hall–Kier alpha value is -7.93. The second kappa shape index (κ2) is 16.7. The molecule has 0 spiro atoms. The number of aromatic nitrogens is 5. The van der Waals surface area contributed by atoms with Gasteiger partial charge in [0.05, 0.1) is 11.4 Å². The van der Waals surface area contributed by atoms with E-state index in [0.29, 0.717) is 23.3 Å². The lowest BCUT2D eigenvalue weighted by Crippen LogP contribution is -2.74. The van der Waals surface area contributed by atoms with Crippen LogP contribution in [0.4, 0.5) is 0 Å². The van der Waals surface area contributed by atoms with Crippen LogP contribution in [-0.4, -0.2) is 33.0 Å². The SMILES string of the molecule is c1ccc(-c2cc(-c3ccccc3)nc(-c3ccccc3-c3nc(-c4ccccc4)nc(-c4cccc([Si](c5ccccc5)(c5ccccc5)c5ccccc5)c4)n3)n2)cc1. The van der Waals surface area contributed by atoms with Crippen LogP contribution >= 0.6 is 0 Å². The fourth-order valence-electron chi connectivity index (χ4n) is 8.25. The lowest BCUT2D eigenvalue weighted by Gasteiger charge is -2.34. The molecule has 0 saturated carbocycles. The van der Waals surface area contributed by atoms with Gasteiger partial charge in [0, 0.05) is 33.4 Å². The summed E-state index contributed by atoms with van der Waals surface area (Å²) < 4.78 is 0. The highest BCUT2D eigenvalue weighted by Gasteiger charge is 2.41. The maximum atomic E-state index is 5.33. The Morgan fingerprint density at radius 3 is 1.02 bits per heavy atom. The molecule has 10 aromatic rings. The highest BCUT2D eigenvalue weighted by molar-refractivity contribution is 7.19. The first-order valence-electron chi connectivity index (χ1n) is 20.4. The van der Waals surface area contributed by atoms with E-state index in [-0.39, 0.29) is 0 Å². The van der Waals surface area contributed by atoms with Gasteiger partial charge in [-0.25, -0.2) is 24.9 Å². The smallest absolute Gasteiger partial charge is 0.179 e. The third-order valence-electron chi connectivity index (χ3n) is 11.1. The van der Waals surface area contributed by atoms with Crippen LogP contribution < -0.4 is 20.7 Å². The van der Waals surface area contributed by atoms with Crippen molar-refractivity contribution < 1.29 is 0 Å². The molecule has 6 heteroatoms. The van der Waals surface area contributed by atoms with E-state index < -0.39 is 8.07 Å². The van der Waals surface area contributed by atoms with Crippen molar-refractivity contribution in [2.24, 2.45) is 0 Å². The van der Waals surface area contributed by atoms with Gasteiger partial charge in [-0.1, -0.05) is 231 Å². The molecule has 0 aliphatic rings. The molecule has 0 radical (unpaired) electrons. The van der Waals surface area contributed by atoms with E-state index in [0.717, 1.165) is 44.8 Å². The topological polar surface area (TPSA) is 64.5 Å². The Bertz CT molecular complexity index is 2900. The molecule has 2 aromatic heterocycles. The quantitative estimate of drug-likeness (QED) is 0.102. The molecule has 5 nitrogen and oxygen atoms in total. The van der Waals surface area contributed by atoms with Crippen molar-refractivity contribution in [2.45, 2.75) is 0 Å². The van der Waals surface area contributed by atoms with E-state index in [9.17, 15) is 0 Å². The third-order valence-corrected chi connectivity index (χ3v) is 15.9. The zero-order valence-electron chi connectivity index (χ0n) is 33.3. The van der Waals surface area contributed by atoms with Gasteiger partial charge >= 0.3 is 0 Å². The highest BCUT2D eigenvalue weighted by Crippen LogP contribution is 2.34. The van der Waals surface area contributed by atoms with Crippen molar-refractivity contribution in [1.29, 1.82) is 0 Å². The number of rotatable bonds is 10. The number of nitrogens with zero attached hydrogens (tertiary/aromatic N) is 5. The van der Waals surface area contributed by atoms with Gasteiger partial charge in [-0.3, -0.25) is 0 Å². The Morgan fingerprint density at radius 2 is 0.557 bits per heavy atom. The molecule has 0 bridgehead atoms. The lowest BCUT2D eigenvalue weighted by atomic mass is 10.0. The summed E-state index contributed by atoms with van der Waals surface area (Å²) in [5.41, 5.74) is 7.13. The van der Waals surface area contributed by atoms with Gasteiger partial charge in [-0.15, -0.1) is 0 Å². The van der Waals surface area contributed by atoms with Crippen molar-refractivity contribution >= 4 is 28.8 Å². The summed E-state index contributed by atoms with van der Waals surface area (Å²) in [6.45, 7) is 0. The second-order valence-corrected chi connectivity index (χ2v) is 18.7. The van der Waals surface area contributed by atoms with Gasteiger partial charge in [0.2, 0.25) is 0 Å². The van der Waals surface area contributed by atoms with Crippen molar-refractivity contribution in [3.63, 3.8) is 0 Å². The molecule has 0 aliphatic heterocycles. The molecule has 8 aromatic carbocycles. The van der Waals surface area contributed by atoms with Crippen LogP contribution in [0.1, 0.15) is 0 Å². The zero-order valence-corrected chi connectivity index (χ0v) is 34.3. The number of hydrogen-bond donors (Lipinski definition) is 0. The predicted octanol–water partition coefficient (Wildman–Crippen LogP) is 10.0. The van der Waals surface area contributed by atoms with Gasteiger partial charge in [-0.2, -0.15) is 0 Å². The van der Waals surface area contributed by atoms with Crippen LogP contribution in [0.3, 0.4) is 0 Å². The van der Waals surface area contributed by atoms with Crippen molar-refractivity contribution in [1.82, 2.24) is 24.9 Å². The number of hydrogen-bond acceptors (Lipinski definition) is 5. The molecule has 0 saturated heterocycles. The summed E-state index contributed by atoms with van der Waals surface area (Å²) in [4.78, 5) is 26.1. The van der Waals surface area contributed by atoms with Crippen LogP contribution in [0.25, 0.3) is 68.1 Å². The van der Waals surface area contributed by atoms with Gasteiger partial charge < -0.3 is 0 Å². The van der Waals surface area contributed by atoms with Crippen molar-refractivity contribution in [2.75, 3.05) is 0 Å². The molecular formula is C55H39N5Si. The van der Waals surface area contributed by atoms with E-state index in [1.165, 1.54) is 20.7 Å². The molecule has 0 amide bonds. The van der Waals surface area contributed by atoms with Crippen molar-refractivity contribution in [3.05, 3.63) is 237 Å². The first-order valence-corrected chi connectivity index (χ1v) is 22.4. The third kappa shape index (κ3) is 7.37. The van der Waals surface area contributed by atoms with Gasteiger partial charge in [0.25, 0.3) is 0 Å². The Kier molecular flexibility index (Phi) is 10.2. The van der Waals surface area contributed by atoms with Crippen LogP contribution in [0.5, 0.6) is 0 Å². The van der Waals surface area contributed by atoms with E-state index in [1.54, 1.807) is 0 Å². The minimum Gasteiger partial charge on any atom is -0.228 e. The van der Waals surface area contributed by atoms with Gasteiger partial charge in [-0.05, 0) is 26.8 Å². The molecule has 0 aliphatic carbocycles. The summed E-state index contributed by atoms with van der Waals surface area (Å²) in [7, 11) is -2.83. The average Bonchev–Trinajstić information content (AvgIpc) is 3.36. The fourth-order valence-corrected chi connectivity index (χ4v) is 13.0. The predicted molar refractivity (Wildman–Crippen MR) is 252 cm³/mol. The molecule has 0 fully saturated rings.